The zero-order valence-corrected chi connectivity index (χ0v) is 13.9. The maximum absolute atomic E-state index is 11.8. The molecule has 122 valence electrons. The van der Waals surface area contributed by atoms with Crippen molar-refractivity contribution >= 4 is 34.7 Å². The van der Waals surface area contributed by atoms with Crippen molar-refractivity contribution < 1.29 is 9.53 Å². The number of fused-ring (bicyclic) bond motifs is 1. The summed E-state index contributed by atoms with van der Waals surface area (Å²) < 4.78 is 6.96. The summed E-state index contributed by atoms with van der Waals surface area (Å²) in [5.74, 6) is -0.424. The molecule has 3 aromatic rings. The van der Waals surface area contributed by atoms with Crippen molar-refractivity contribution in [1.29, 1.82) is 0 Å². The Hall–Kier alpha value is -2.66. The zero-order valence-electron chi connectivity index (χ0n) is 13.1. The number of nitrogens with zero attached hydrogens (tertiary/aromatic N) is 3. The van der Waals surface area contributed by atoms with E-state index in [2.05, 4.69) is 10.3 Å². The molecule has 0 bridgehead atoms. The van der Waals surface area contributed by atoms with E-state index >= 15 is 0 Å². The van der Waals surface area contributed by atoms with Gasteiger partial charge in [-0.3, -0.25) is 0 Å². The first kappa shape index (κ1) is 16.2. The van der Waals surface area contributed by atoms with Crippen LogP contribution in [0.2, 0.25) is 5.02 Å². The maximum Gasteiger partial charge on any atom is 0.331 e. The van der Waals surface area contributed by atoms with Crippen molar-refractivity contribution in [3.05, 3.63) is 64.7 Å². The van der Waals surface area contributed by atoms with Gasteiger partial charge in [0.15, 0.2) is 0 Å². The van der Waals surface area contributed by atoms with Crippen LogP contribution in [0.15, 0.2) is 48.5 Å². The lowest BCUT2D eigenvalue weighted by Crippen LogP contribution is -2.00. The Labute approximate surface area is 144 Å². The summed E-state index contributed by atoms with van der Waals surface area (Å²) in [5, 5.41) is 8.60. The Balaban J connectivity index is 1.71. The number of benzene rings is 2. The van der Waals surface area contributed by atoms with Gasteiger partial charge in [-0.15, -0.1) is 5.10 Å². The largest absolute Gasteiger partial charge is 0.458 e. The second kappa shape index (κ2) is 7.27. The van der Waals surface area contributed by atoms with E-state index in [1.54, 1.807) is 10.8 Å². The monoisotopic (exact) mass is 341 g/mol. The highest BCUT2D eigenvalue weighted by Gasteiger charge is 2.10. The lowest BCUT2D eigenvalue weighted by Gasteiger charge is -2.02. The number of hydrogen-bond donors (Lipinski definition) is 0. The minimum atomic E-state index is -0.424. The molecular weight excluding hydrogens is 326 g/mol. The number of esters is 1. The smallest absolute Gasteiger partial charge is 0.331 e. The molecule has 0 radical (unpaired) electrons. The van der Waals surface area contributed by atoms with Crippen molar-refractivity contribution in [3.8, 4) is 0 Å². The van der Waals surface area contributed by atoms with E-state index in [1.807, 2.05) is 49.4 Å². The van der Waals surface area contributed by atoms with Gasteiger partial charge in [0, 0.05) is 12.6 Å². The van der Waals surface area contributed by atoms with Crippen molar-refractivity contribution in [2.75, 3.05) is 0 Å². The number of hydrogen-bond acceptors (Lipinski definition) is 4. The van der Waals surface area contributed by atoms with Gasteiger partial charge in [-0.25, -0.2) is 9.48 Å². The van der Waals surface area contributed by atoms with Gasteiger partial charge >= 0.3 is 5.97 Å². The molecule has 24 heavy (non-hydrogen) atoms. The molecule has 6 heteroatoms. The number of halogens is 1. The highest BCUT2D eigenvalue weighted by Crippen LogP contribution is 2.26. The van der Waals surface area contributed by atoms with Gasteiger partial charge in [0.05, 0.1) is 10.5 Å². The number of aryl methyl sites for hydroxylation is 1. The molecule has 5 nitrogen and oxygen atoms in total. The van der Waals surface area contributed by atoms with E-state index < -0.39 is 5.97 Å². The molecule has 3 rings (SSSR count). The van der Waals surface area contributed by atoms with Crippen molar-refractivity contribution in [3.63, 3.8) is 0 Å². The van der Waals surface area contributed by atoms with Gasteiger partial charge in [0.1, 0.15) is 12.1 Å². The Morgan fingerprint density at radius 1 is 1.25 bits per heavy atom. The van der Waals surface area contributed by atoms with Crippen molar-refractivity contribution in [1.82, 2.24) is 15.0 Å². The molecular formula is C18H16ClN3O2. The predicted molar refractivity (Wildman–Crippen MR) is 93.5 cm³/mol. The van der Waals surface area contributed by atoms with Gasteiger partial charge < -0.3 is 4.74 Å². The molecule has 0 N–H and O–H groups in total. The predicted octanol–water partition coefficient (Wildman–Crippen LogP) is 3.86. The van der Waals surface area contributed by atoms with Crippen molar-refractivity contribution in [2.24, 2.45) is 0 Å². The minimum Gasteiger partial charge on any atom is -0.458 e. The van der Waals surface area contributed by atoms with Crippen molar-refractivity contribution in [2.45, 2.75) is 20.1 Å². The molecule has 2 aromatic carbocycles. The third-order valence-electron chi connectivity index (χ3n) is 3.58. The third-order valence-corrected chi connectivity index (χ3v) is 3.98. The molecule has 0 amide bonds. The molecule has 0 atom stereocenters. The molecule has 1 aromatic heterocycles. The summed E-state index contributed by atoms with van der Waals surface area (Å²) in [6.07, 6.45) is 2.99. The molecule has 0 saturated heterocycles. The second-order valence-electron chi connectivity index (χ2n) is 5.17. The molecule has 0 aliphatic carbocycles. The Morgan fingerprint density at radius 3 is 2.79 bits per heavy atom. The van der Waals surface area contributed by atoms with Crippen LogP contribution in [0.4, 0.5) is 0 Å². The van der Waals surface area contributed by atoms with E-state index in [4.69, 9.17) is 16.3 Å². The lowest BCUT2D eigenvalue weighted by molar-refractivity contribution is -0.138. The van der Waals surface area contributed by atoms with Crippen LogP contribution in [-0.2, 0) is 22.7 Å². The Morgan fingerprint density at radius 2 is 2.04 bits per heavy atom. The highest BCUT2D eigenvalue weighted by atomic mass is 35.5. The Bertz CT molecular complexity index is 888. The van der Waals surface area contributed by atoms with Gasteiger partial charge in [0.25, 0.3) is 0 Å². The van der Waals surface area contributed by atoms with Gasteiger partial charge in [-0.2, -0.15) is 0 Å². The average molecular weight is 342 g/mol. The van der Waals surface area contributed by atoms with Crippen LogP contribution in [0, 0.1) is 0 Å². The van der Waals surface area contributed by atoms with Crippen LogP contribution in [0.3, 0.4) is 0 Å². The number of carbonyl (C=O) groups excluding carboxylic acids is 1. The summed E-state index contributed by atoms with van der Waals surface area (Å²) in [4.78, 5) is 11.8. The van der Waals surface area contributed by atoms with Crippen LogP contribution in [0.1, 0.15) is 18.1 Å². The highest BCUT2D eigenvalue weighted by molar-refractivity contribution is 6.36. The molecule has 0 aliphatic rings. The normalized spacial score (nSPS) is 11.2. The fourth-order valence-electron chi connectivity index (χ4n) is 2.32. The quantitative estimate of drug-likeness (QED) is 0.522. The third kappa shape index (κ3) is 3.46. The Kier molecular flexibility index (Phi) is 4.91. The first-order valence-electron chi connectivity index (χ1n) is 7.59. The number of rotatable bonds is 5. The maximum atomic E-state index is 11.8. The number of ether oxygens (including phenoxy) is 1. The topological polar surface area (TPSA) is 57.0 Å². The van der Waals surface area contributed by atoms with E-state index in [-0.39, 0.29) is 6.61 Å². The minimum absolute atomic E-state index is 0.238. The van der Waals surface area contributed by atoms with E-state index in [1.165, 1.54) is 6.08 Å². The van der Waals surface area contributed by atoms with Crippen LogP contribution >= 0.6 is 11.6 Å². The first-order valence-corrected chi connectivity index (χ1v) is 7.97. The fraction of sp³-hybridized carbons (Fsp3) is 0.167. The van der Waals surface area contributed by atoms with E-state index in [0.29, 0.717) is 22.6 Å². The van der Waals surface area contributed by atoms with Crippen LogP contribution in [0.5, 0.6) is 0 Å². The standard InChI is InChI=1S/C18H16ClN3O2/c1-2-22-15-10-8-14(17(19)18(15)20-21-22)9-11-16(23)24-12-13-6-4-3-5-7-13/h3-11H,2,12H2,1H3/b11-9+. The number of aromatic nitrogens is 3. The summed E-state index contributed by atoms with van der Waals surface area (Å²) in [6, 6.07) is 13.2. The van der Waals surface area contributed by atoms with Crippen LogP contribution in [0.25, 0.3) is 17.1 Å². The molecule has 0 unspecified atom stereocenters. The summed E-state index contributed by atoms with van der Waals surface area (Å²) in [6.45, 7) is 2.94. The summed E-state index contributed by atoms with van der Waals surface area (Å²) in [5.41, 5.74) is 3.13. The van der Waals surface area contributed by atoms with Gasteiger partial charge in [-0.05, 0) is 30.2 Å². The first-order chi connectivity index (χ1) is 11.7. The molecule has 0 fully saturated rings. The summed E-state index contributed by atoms with van der Waals surface area (Å²) >= 11 is 6.35. The van der Waals surface area contributed by atoms with Crippen LogP contribution in [-0.4, -0.2) is 21.0 Å². The van der Waals surface area contributed by atoms with E-state index in [0.717, 1.165) is 11.1 Å². The number of carbonyl (C=O) groups is 1. The van der Waals surface area contributed by atoms with E-state index in [9.17, 15) is 4.79 Å². The molecule has 1 heterocycles. The molecule has 0 aliphatic heterocycles. The average Bonchev–Trinajstić information content (AvgIpc) is 3.04. The fourth-order valence-corrected chi connectivity index (χ4v) is 2.58. The molecule has 0 spiro atoms. The van der Waals surface area contributed by atoms with Crippen LogP contribution < -0.4 is 0 Å². The zero-order chi connectivity index (χ0) is 16.9. The lowest BCUT2D eigenvalue weighted by atomic mass is 10.2. The van der Waals surface area contributed by atoms with Gasteiger partial charge in [-0.1, -0.05) is 53.2 Å². The van der Waals surface area contributed by atoms with Gasteiger partial charge in [0.2, 0.25) is 0 Å². The SMILES string of the molecule is CCn1nnc2c(Cl)c(/C=C/C(=O)OCc3ccccc3)ccc21. The molecule has 0 saturated carbocycles. The summed E-state index contributed by atoms with van der Waals surface area (Å²) in [7, 11) is 0. The second-order valence-corrected chi connectivity index (χ2v) is 5.55.